The van der Waals surface area contributed by atoms with E-state index in [9.17, 15) is 9.90 Å². The predicted octanol–water partition coefficient (Wildman–Crippen LogP) is 1.49. The number of amides is 1. The molecule has 1 aliphatic heterocycles. The smallest absolute Gasteiger partial charge is 0.253 e. The van der Waals surface area contributed by atoms with Gasteiger partial charge >= 0.3 is 0 Å². The quantitative estimate of drug-likeness (QED) is 0.860. The SMILES string of the molecule is COC(C)C(CN1CC(O)C1)N(C)C(=O)c1ccc(Cl)cc1. The fourth-order valence-electron chi connectivity index (χ4n) is 2.65. The Hall–Kier alpha value is -1.14. The summed E-state index contributed by atoms with van der Waals surface area (Å²) in [5.41, 5.74) is 0.601. The largest absolute Gasteiger partial charge is 0.390 e. The molecular weight excluding hydrogens is 304 g/mol. The summed E-state index contributed by atoms with van der Waals surface area (Å²) in [6, 6.07) is 6.79. The topological polar surface area (TPSA) is 53.0 Å². The molecule has 1 heterocycles. The third-order valence-electron chi connectivity index (χ3n) is 4.21. The highest BCUT2D eigenvalue weighted by Gasteiger charge is 2.32. The fraction of sp³-hybridized carbons (Fsp3) is 0.562. The van der Waals surface area contributed by atoms with E-state index in [4.69, 9.17) is 16.3 Å². The predicted molar refractivity (Wildman–Crippen MR) is 86.3 cm³/mol. The van der Waals surface area contributed by atoms with Crippen LogP contribution in [0, 0.1) is 0 Å². The van der Waals surface area contributed by atoms with Crippen LogP contribution in [0.2, 0.25) is 5.02 Å². The lowest BCUT2D eigenvalue weighted by Gasteiger charge is -2.42. The number of methoxy groups -OCH3 is 1. The molecule has 0 aliphatic carbocycles. The number of halogens is 1. The molecule has 5 nitrogen and oxygen atoms in total. The van der Waals surface area contributed by atoms with Crippen molar-refractivity contribution in [3.63, 3.8) is 0 Å². The second-order valence-corrected chi connectivity index (χ2v) is 6.24. The summed E-state index contributed by atoms with van der Waals surface area (Å²) in [4.78, 5) is 16.5. The summed E-state index contributed by atoms with van der Waals surface area (Å²) < 4.78 is 5.43. The van der Waals surface area contributed by atoms with Gasteiger partial charge in [-0.15, -0.1) is 0 Å². The lowest BCUT2D eigenvalue weighted by atomic mass is 10.1. The van der Waals surface area contributed by atoms with Gasteiger partial charge in [0.15, 0.2) is 0 Å². The zero-order valence-corrected chi connectivity index (χ0v) is 14.0. The van der Waals surface area contributed by atoms with Crippen LogP contribution in [0.1, 0.15) is 17.3 Å². The molecule has 1 aromatic carbocycles. The zero-order valence-electron chi connectivity index (χ0n) is 13.2. The Morgan fingerprint density at radius 1 is 1.45 bits per heavy atom. The standard InChI is InChI=1S/C16H23ClN2O3/c1-11(22-3)15(10-19-8-14(20)9-19)18(2)16(21)12-4-6-13(17)7-5-12/h4-7,11,14-15,20H,8-10H2,1-3H3. The van der Waals surface area contributed by atoms with Crippen molar-refractivity contribution in [3.8, 4) is 0 Å². The monoisotopic (exact) mass is 326 g/mol. The maximum Gasteiger partial charge on any atom is 0.253 e. The average Bonchev–Trinajstić information content (AvgIpc) is 2.49. The van der Waals surface area contributed by atoms with E-state index in [1.807, 2.05) is 6.92 Å². The molecule has 0 radical (unpaired) electrons. The van der Waals surface area contributed by atoms with E-state index in [1.54, 1.807) is 43.3 Å². The van der Waals surface area contributed by atoms with Crippen molar-refractivity contribution in [1.29, 1.82) is 0 Å². The van der Waals surface area contributed by atoms with E-state index in [1.165, 1.54) is 0 Å². The normalized spacial score (nSPS) is 18.6. The molecule has 0 saturated carbocycles. The van der Waals surface area contributed by atoms with Crippen molar-refractivity contribution in [2.75, 3.05) is 33.8 Å². The molecule has 1 fully saturated rings. The molecule has 1 saturated heterocycles. The summed E-state index contributed by atoms with van der Waals surface area (Å²) >= 11 is 5.87. The van der Waals surface area contributed by atoms with Crippen LogP contribution < -0.4 is 0 Å². The molecule has 0 bridgehead atoms. The minimum absolute atomic E-state index is 0.0633. The van der Waals surface area contributed by atoms with Crippen LogP contribution >= 0.6 is 11.6 Å². The highest BCUT2D eigenvalue weighted by molar-refractivity contribution is 6.30. The summed E-state index contributed by atoms with van der Waals surface area (Å²) in [6.07, 6.45) is -0.352. The number of rotatable bonds is 6. The van der Waals surface area contributed by atoms with Gasteiger partial charge in [0.05, 0.1) is 18.2 Å². The first-order valence-electron chi connectivity index (χ1n) is 7.38. The Kier molecular flexibility index (Phi) is 5.81. The Labute approximate surface area is 136 Å². The second-order valence-electron chi connectivity index (χ2n) is 5.80. The van der Waals surface area contributed by atoms with Crippen LogP contribution in [0.25, 0.3) is 0 Å². The third-order valence-corrected chi connectivity index (χ3v) is 4.46. The first-order chi connectivity index (χ1) is 10.4. The minimum Gasteiger partial charge on any atom is -0.390 e. The number of hydrogen-bond donors (Lipinski definition) is 1. The summed E-state index contributed by atoms with van der Waals surface area (Å²) in [7, 11) is 3.43. The number of β-amino-alcohol motifs (C(OH)–C–C–N with tert-alkyl or cyclic N) is 1. The molecule has 22 heavy (non-hydrogen) atoms. The van der Waals surface area contributed by atoms with Crippen molar-refractivity contribution >= 4 is 17.5 Å². The first kappa shape index (κ1) is 17.2. The summed E-state index contributed by atoms with van der Waals surface area (Å²) in [6.45, 7) is 3.93. The number of carbonyl (C=O) groups is 1. The number of likely N-dealkylation sites (tertiary alicyclic amines) is 1. The van der Waals surface area contributed by atoms with Crippen LogP contribution in [0.3, 0.4) is 0 Å². The zero-order chi connectivity index (χ0) is 16.3. The van der Waals surface area contributed by atoms with Gasteiger partial charge in [-0.3, -0.25) is 9.69 Å². The van der Waals surface area contributed by atoms with Crippen molar-refractivity contribution in [2.45, 2.75) is 25.2 Å². The van der Waals surface area contributed by atoms with Gasteiger partial charge in [-0.05, 0) is 31.2 Å². The van der Waals surface area contributed by atoms with E-state index in [2.05, 4.69) is 4.90 Å². The average molecular weight is 327 g/mol. The third kappa shape index (κ3) is 3.98. The highest BCUT2D eigenvalue weighted by Crippen LogP contribution is 2.17. The molecule has 2 rings (SSSR count). The number of aliphatic hydroxyl groups is 1. The lowest BCUT2D eigenvalue weighted by Crippen LogP contribution is -2.58. The second kappa shape index (κ2) is 7.42. The van der Waals surface area contributed by atoms with E-state index in [0.717, 1.165) is 0 Å². The summed E-state index contributed by atoms with van der Waals surface area (Å²) in [5, 5.41) is 10.0. The number of hydrogen-bond acceptors (Lipinski definition) is 4. The molecule has 1 aliphatic rings. The lowest BCUT2D eigenvalue weighted by molar-refractivity contribution is -0.0338. The van der Waals surface area contributed by atoms with Crippen molar-refractivity contribution in [3.05, 3.63) is 34.9 Å². The molecule has 0 spiro atoms. The summed E-state index contributed by atoms with van der Waals surface area (Å²) in [5.74, 6) is -0.0633. The Balaban J connectivity index is 2.08. The molecule has 122 valence electrons. The van der Waals surface area contributed by atoms with Gasteiger partial charge in [-0.25, -0.2) is 0 Å². The van der Waals surface area contributed by atoms with Gasteiger partial charge in [0.1, 0.15) is 0 Å². The van der Waals surface area contributed by atoms with Crippen LogP contribution in [-0.2, 0) is 4.74 Å². The van der Waals surface area contributed by atoms with Gasteiger partial charge in [0.2, 0.25) is 0 Å². The molecule has 6 heteroatoms. The van der Waals surface area contributed by atoms with Gasteiger partial charge in [-0.1, -0.05) is 11.6 Å². The Bertz CT molecular complexity index is 503. The number of benzene rings is 1. The molecule has 1 N–H and O–H groups in total. The fourth-order valence-corrected chi connectivity index (χ4v) is 2.77. The maximum atomic E-state index is 12.6. The van der Waals surface area contributed by atoms with Crippen molar-refractivity contribution in [1.82, 2.24) is 9.80 Å². The number of carbonyl (C=O) groups excluding carboxylic acids is 1. The van der Waals surface area contributed by atoms with Gasteiger partial charge in [-0.2, -0.15) is 0 Å². The van der Waals surface area contributed by atoms with Crippen LogP contribution in [0.5, 0.6) is 0 Å². The van der Waals surface area contributed by atoms with Gasteiger partial charge in [0.25, 0.3) is 5.91 Å². The first-order valence-corrected chi connectivity index (χ1v) is 7.76. The number of nitrogens with zero attached hydrogens (tertiary/aromatic N) is 2. The van der Waals surface area contributed by atoms with E-state index in [0.29, 0.717) is 30.2 Å². The van der Waals surface area contributed by atoms with Gasteiger partial charge < -0.3 is 14.7 Å². The van der Waals surface area contributed by atoms with Crippen molar-refractivity contribution < 1.29 is 14.6 Å². The molecule has 1 aromatic rings. The van der Waals surface area contributed by atoms with Crippen LogP contribution in [0.15, 0.2) is 24.3 Å². The number of aliphatic hydroxyl groups excluding tert-OH is 1. The van der Waals surface area contributed by atoms with E-state index in [-0.39, 0.29) is 24.2 Å². The maximum absolute atomic E-state index is 12.6. The van der Waals surface area contributed by atoms with Crippen LogP contribution in [-0.4, -0.2) is 72.9 Å². The molecule has 1 amide bonds. The number of ether oxygens (including phenoxy) is 1. The molecule has 0 aromatic heterocycles. The van der Waals surface area contributed by atoms with Gasteiger partial charge in [0, 0.05) is 44.4 Å². The van der Waals surface area contributed by atoms with Crippen LogP contribution in [0.4, 0.5) is 0 Å². The Morgan fingerprint density at radius 3 is 2.55 bits per heavy atom. The highest BCUT2D eigenvalue weighted by atomic mass is 35.5. The molecular formula is C16H23ClN2O3. The Morgan fingerprint density at radius 2 is 2.05 bits per heavy atom. The minimum atomic E-state index is -0.254. The number of likely N-dealkylation sites (N-methyl/N-ethyl adjacent to an activating group) is 1. The van der Waals surface area contributed by atoms with E-state index < -0.39 is 0 Å². The molecule has 2 unspecified atom stereocenters. The van der Waals surface area contributed by atoms with Crippen molar-refractivity contribution in [2.24, 2.45) is 0 Å². The van der Waals surface area contributed by atoms with E-state index >= 15 is 0 Å². The molecule has 2 atom stereocenters.